The zero-order valence-corrected chi connectivity index (χ0v) is 17.9. The van der Waals surface area contributed by atoms with Crippen molar-refractivity contribution in [3.05, 3.63) is 46.6 Å². The van der Waals surface area contributed by atoms with Gasteiger partial charge in [0.15, 0.2) is 0 Å². The normalized spacial score (nSPS) is 13.6. The van der Waals surface area contributed by atoms with Crippen LogP contribution in [0.3, 0.4) is 0 Å². The van der Waals surface area contributed by atoms with Gasteiger partial charge in [-0.3, -0.25) is 0 Å². The maximum Gasteiger partial charge on any atom is 0.125 e. The number of aromatic nitrogens is 4. The lowest BCUT2D eigenvalue weighted by molar-refractivity contribution is 0.622. The summed E-state index contributed by atoms with van der Waals surface area (Å²) in [5.74, 6) is 1.74. The third kappa shape index (κ3) is 8.54. The van der Waals surface area contributed by atoms with Crippen molar-refractivity contribution >= 4 is 0 Å². The lowest BCUT2D eigenvalue weighted by atomic mass is 10.1. The minimum Gasteiger partial charge on any atom is -0.312 e. The average molecular weight is 373 g/mol. The van der Waals surface area contributed by atoms with Crippen molar-refractivity contribution in [2.75, 3.05) is 6.54 Å². The van der Waals surface area contributed by atoms with Gasteiger partial charge in [0.25, 0.3) is 0 Å². The molecular weight excluding hydrogens is 336 g/mol. The van der Waals surface area contributed by atoms with E-state index in [2.05, 4.69) is 58.3 Å². The van der Waals surface area contributed by atoms with Crippen LogP contribution in [0, 0.1) is 13.8 Å². The SMILES string of the molecule is CCC.CCC.Cc1ncc2c(n1)CCNC2.Cc1ncc2c(n1)CNC2. The van der Waals surface area contributed by atoms with Crippen LogP contribution in [0.25, 0.3) is 0 Å². The first kappa shape index (κ1) is 23.1. The van der Waals surface area contributed by atoms with Gasteiger partial charge in [0.1, 0.15) is 11.6 Å². The molecule has 2 aliphatic heterocycles. The summed E-state index contributed by atoms with van der Waals surface area (Å²) in [6.07, 6.45) is 7.36. The molecular formula is C21H36N6. The Balaban J connectivity index is 0.000000211. The first-order valence-corrected chi connectivity index (χ1v) is 10.1. The minimum atomic E-state index is 0.863. The molecule has 27 heavy (non-hydrogen) atoms. The van der Waals surface area contributed by atoms with Crippen LogP contribution in [-0.4, -0.2) is 26.5 Å². The van der Waals surface area contributed by atoms with E-state index >= 15 is 0 Å². The van der Waals surface area contributed by atoms with Crippen LogP contribution >= 0.6 is 0 Å². The Kier molecular flexibility index (Phi) is 11.4. The van der Waals surface area contributed by atoms with E-state index in [1.54, 1.807) is 0 Å². The highest BCUT2D eigenvalue weighted by atomic mass is 15.0. The lowest BCUT2D eigenvalue weighted by Gasteiger charge is -2.14. The molecule has 2 aliphatic rings. The van der Waals surface area contributed by atoms with Crippen LogP contribution in [0.15, 0.2) is 12.4 Å². The van der Waals surface area contributed by atoms with Crippen molar-refractivity contribution < 1.29 is 0 Å². The molecule has 0 aromatic carbocycles. The minimum absolute atomic E-state index is 0.863. The topological polar surface area (TPSA) is 75.6 Å². The van der Waals surface area contributed by atoms with Crippen LogP contribution in [0.2, 0.25) is 0 Å². The van der Waals surface area contributed by atoms with Crippen molar-refractivity contribution in [1.82, 2.24) is 30.6 Å². The van der Waals surface area contributed by atoms with Gasteiger partial charge >= 0.3 is 0 Å². The summed E-state index contributed by atoms with van der Waals surface area (Å²) in [6.45, 7) is 16.1. The van der Waals surface area contributed by atoms with Gasteiger partial charge in [0, 0.05) is 61.8 Å². The van der Waals surface area contributed by atoms with Crippen LogP contribution in [0.5, 0.6) is 0 Å². The van der Waals surface area contributed by atoms with E-state index in [9.17, 15) is 0 Å². The fourth-order valence-electron chi connectivity index (χ4n) is 2.49. The van der Waals surface area contributed by atoms with Crippen LogP contribution in [0.4, 0.5) is 0 Å². The van der Waals surface area contributed by atoms with Gasteiger partial charge in [0.2, 0.25) is 0 Å². The molecule has 0 bridgehead atoms. The first-order chi connectivity index (χ1) is 13.0. The highest BCUT2D eigenvalue weighted by molar-refractivity contribution is 5.21. The second kappa shape index (κ2) is 13.3. The molecule has 0 saturated heterocycles. The molecule has 0 saturated carbocycles. The van der Waals surface area contributed by atoms with Crippen molar-refractivity contribution in [2.45, 2.75) is 80.4 Å². The Morgan fingerprint density at radius 2 is 1.22 bits per heavy atom. The van der Waals surface area contributed by atoms with Gasteiger partial charge < -0.3 is 10.6 Å². The molecule has 2 aromatic rings. The number of hydrogen-bond acceptors (Lipinski definition) is 6. The number of rotatable bonds is 0. The molecule has 4 rings (SSSR count). The molecule has 6 heteroatoms. The number of nitrogens with zero attached hydrogens (tertiary/aromatic N) is 4. The highest BCUT2D eigenvalue weighted by Crippen LogP contribution is 2.10. The summed E-state index contributed by atoms with van der Waals surface area (Å²) in [5.41, 5.74) is 4.87. The summed E-state index contributed by atoms with van der Waals surface area (Å²) >= 11 is 0. The Bertz CT molecular complexity index is 670. The van der Waals surface area contributed by atoms with Gasteiger partial charge in [-0.05, 0) is 13.8 Å². The Hall–Kier alpha value is -1.92. The van der Waals surface area contributed by atoms with Gasteiger partial charge in [-0.15, -0.1) is 0 Å². The molecule has 150 valence electrons. The summed E-state index contributed by atoms with van der Waals surface area (Å²) < 4.78 is 0. The second-order valence-electron chi connectivity index (χ2n) is 6.72. The van der Waals surface area contributed by atoms with E-state index < -0.39 is 0 Å². The first-order valence-electron chi connectivity index (χ1n) is 10.1. The molecule has 0 unspecified atom stereocenters. The Morgan fingerprint density at radius 1 is 0.741 bits per heavy atom. The summed E-state index contributed by atoms with van der Waals surface area (Å²) in [4.78, 5) is 16.9. The summed E-state index contributed by atoms with van der Waals surface area (Å²) in [7, 11) is 0. The molecule has 0 radical (unpaired) electrons. The Morgan fingerprint density at radius 3 is 1.81 bits per heavy atom. The van der Waals surface area contributed by atoms with E-state index in [-0.39, 0.29) is 0 Å². The van der Waals surface area contributed by atoms with Gasteiger partial charge in [-0.2, -0.15) is 0 Å². The molecule has 0 aliphatic carbocycles. The molecule has 0 atom stereocenters. The van der Waals surface area contributed by atoms with E-state index in [1.165, 1.54) is 29.7 Å². The second-order valence-corrected chi connectivity index (χ2v) is 6.72. The van der Waals surface area contributed by atoms with Gasteiger partial charge in [-0.25, -0.2) is 19.9 Å². The molecule has 6 nitrogen and oxygen atoms in total. The Labute approximate surface area is 164 Å². The highest BCUT2D eigenvalue weighted by Gasteiger charge is 2.10. The fourth-order valence-corrected chi connectivity index (χ4v) is 2.49. The van der Waals surface area contributed by atoms with Crippen LogP contribution in [0.1, 0.15) is 74.7 Å². The van der Waals surface area contributed by atoms with E-state index in [4.69, 9.17) is 0 Å². The molecule has 0 fully saturated rings. The number of fused-ring (bicyclic) bond motifs is 2. The molecule has 4 heterocycles. The molecule has 2 aromatic heterocycles. The van der Waals surface area contributed by atoms with Gasteiger partial charge in [-0.1, -0.05) is 40.5 Å². The third-order valence-corrected chi connectivity index (χ3v) is 3.61. The van der Waals surface area contributed by atoms with Crippen molar-refractivity contribution in [3.63, 3.8) is 0 Å². The maximum atomic E-state index is 4.36. The fraction of sp³-hybridized carbons (Fsp3) is 0.619. The number of hydrogen-bond donors (Lipinski definition) is 2. The number of aryl methyl sites for hydroxylation is 2. The quantitative estimate of drug-likeness (QED) is 0.735. The predicted molar refractivity (Wildman–Crippen MR) is 111 cm³/mol. The monoisotopic (exact) mass is 372 g/mol. The van der Waals surface area contributed by atoms with Crippen molar-refractivity contribution in [2.24, 2.45) is 0 Å². The van der Waals surface area contributed by atoms with Crippen LogP contribution < -0.4 is 10.6 Å². The standard InChI is InChI=1S/C8H11N3.C7H9N3.2C3H8/c1-6-10-5-7-4-9-3-2-8(7)11-6;1-5-9-3-6-2-8-4-7(6)10-5;2*1-3-2/h5,9H,2-4H2,1H3;3,8H,2,4H2,1H3;2*3H2,1-2H3. The molecule has 0 amide bonds. The largest absolute Gasteiger partial charge is 0.312 e. The summed E-state index contributed by atoms with van der Waals surface area (Å²) in [6, 6.07) is 0. The van der Waals surface area contributed by atoms with Crippen molar-refractivity contribution in [3.8, 4) is 0 Å². The lowest BCUT2D eigenvalue weighted by Crippen LogP contribution is -2.25. The summed E-state index contributed by atoms with van der Waals surface area (Å²) in [5, 5.41) is 6.49. The third-order valence-electron chi connectivity index (χ3n) is 3.61. The molecule has 2 N–H and O–H groups in total. The maximum absolute atomic E-state index is 4.36. The smallest absolute Gasteiger partial charge is 0.125 e. The predicted octanol–water partition coefficient (Wildman–Crippen LogP) is 3.65. The number of nitrogens with one attached hydrogen (secondary N) is 2. The van der Waals surface area contributed by atoms with E-state index in [1.807, 2.05) is 26.2 Å². The average Bonchev–Trinajstić information content (AvgIpc) is 3.11. The van der Waals surface area contributed by atoms with Crippen molar-refractivity contribution in [1.29, 1.82) is 0 Å². The van der Waals surface area contributed by atoms with Crippen LogP contribution in [-0.2, 0) is 26.1 Å². The van der Waals surface area contributed by atoms with E-state index in [0.29, 0.717) is 0 Å². The van der Waals surface area contributed by atoms with E-state index in [0.717, 1.165) is 49.9 Å². The zero-order valence-electron chi connectivity index (χ0n) is 17.9. The zero-order chi connectivity index (χ0) is 20.1. The molecule has 0 spiro atoms. The van der Waals surface area contributed by atoms with Gasteiger partial charge in [0.05, 0.1) is 5.69 Å².